The summed E-state index contributed by atoms with van der Waals surface area (Å²) in [4.78, 5) is 0. The zero-order chi connectivity index (χ0) is 11.8. The summed E-state index contributed by atoms with van der Waals surface area (Å²) in [6.45, 7) is 5.12. The quantitative estimate of drug-likeness (QED) is 0.756. The predicted octanol–water partition coefficient (Wildman–Crippen LogP) is 2.57. The highest BCUT2D eigenvalue weighted by Crippen LogP contribution is 2.10. The fourth-order valence-corrected chi connectivity index (χ4v) is 1.88. The fraction of sp³-hybridized carbons (Fsp3) is 0.538. The highest BCUT2D eigenvalue weighted by molar-refractivity contribution is 9.10. The van der Waals surface area contributed by atoms with Crippen molar-refractivity contribution in [3.05, 3.63) is 34.3 Å². The highest BCUT2D eigenvalue weighted by atomic mass is 79.9. The Labute approximate surface area is 107 Å². The van der Waals surface area contributed by atoms with Gasteiger partial charge in [-0.05, 0) is 56.1 Å². The largest absolute Gasteiger partial charge is 0.330 e. The molecule has 1 aromatic rings. The summed E-state index contributed by atoms with van der Waals surface area (Å²) < 4.78 is 1.14. The lowest BCUT2D eigenvalue weighted by atomic mass is 10.1. The Morgan fingerprint density at radius 1 is 1.31 bits per heavy atom. The molecule has 3 heteroatoms. The van der Waals surface area contributed by atoms with Crippen LogP contribution in [0.1, 0.15) is 18.9 Å². The predicted molar refractivity (Wildman–Crippen MR) is 73.6 cm³/mol. The summed E-state index contributed by atoms with van der Waals surface area (Å²) in [6, 6.07) is 8.50. The standard InChI is InChI=1S/C13H21BrN2/c1-11(6-8-15)10-16-9-7-12-2-4-13(14)5-3-12/h2-5,11,16H,6-10,15H2,1H3. The first-order chi connectivity index (χ1) is 7.72. The van der Waals surface area contributed by atoms with E-state index in [1.165, 1.54) is 5.56 Å². The van der Waals surface area contributed by atoms with Gasteiger partial charge in [-0.15, -0.1) is 0 Å². The van der Waals surface area contributed by atoms with Crippen LogP contribution in [0.3, 0.4) is 0 Å². The van der Waals surface area contributed by atoms with Gasteiger partial charge in [0.15, 0.2) is 0 Å². The molecule has 0 amide bonds. The molecule has 2 nitrogen and oxygen atoms in total. The molecule has 1 aromatic carbocycles. The second kappa shape index (κ2) is 7.82. The molecule has 0 aliphatic carbocycles. The fourth-order valence-electron chi connectivity index (χ4n) is 1.62. The van der Waals surface area contributed by atoms with Gasteiger partial charge in [0.25, 0.3) is 0 Å². The maximum Gasteiger partial charge on any atom is 0.0175 e. The van der Waals surface area contributed by atoms with E-state index < -0.39 is 0 Å². The highest BCUT2D eigenvalue weighted by Gasteiger charge is 1.99. The van der Waals surface area contributed by atoms with E-state index >= 15 is 0 Å². The van der Waals surface area contributed by atoms with E-state index in [9.17, 15) is 0 Å². The number of hydrogen-bond acceptors (Lipinski definition) is 2. The van der Waals surface area contributed by atoms with E-state index in [0.29, 0.717) is 5.92 Å². The second-order valence-corrected chi connectivity index (χ2v) is 5.18. The smallest absolute Gasteiger partial charge is 0.0175 e. The summed E-state index contributed by atoms with van der Waals surface area (Å²) in [5.41, 5.74) is 6.88. The van der Waals surface area contributed by atoms with Gasteiger partial charge in [0.05, 0.1) is 0 Å². The van der Waals surface area contributed by atoms with Gasteiger partial charge >= 0.3 is 0 Å². The average molecular weight is 285 g/mol. The molecule has 1 rings (SSSR count). The van der Waals surface area contributed by atoms with Crippen molar-refractivity contribution in [3.8, 4) is 0 Å². The average Bonchev–Trinajstić information content (AvgIpc) is 2.27. The van der Waals surface area contributed by atoms with Crippen molar-refractivity contribution in [1.82, 2.24) is 5.32 Å². The van der Waals surface area contributed by atoms with Crippen molar-refractivity contribution < 1.29 is 0 Å². The number of halogens is 1. The lowest BCUT2D eigenvalue weighted by Crippen LogP contribution is -2.24. The lowest BCUT2D eigenvalue weighted by Gasteiger charge is -2.11. The first-order valence-electron chi connectivity index (χ1n) is 5.87. The third-order valence-corrected chi connectivity index (χ3v) is 3.18. The molecule has 0 spiro atoms. The Kier molecular flexibility index (Phi) is 6.69. The first-order valence-corrected chi connectivity index (χ1v) is 6.67. The molecule has 1 unspecified atom stereocenters. The molecular weight excluding hydrogens is 264 g/mol. The van der Waals surface area contributed by atoms with Gasteiger partial charge in [-0.1, -0.05) is 35.0 Å². The normalized spacial score (nSPS) is 12.7. The third kappa shape index (κ3) is 5.64. The van der Waals surface area contributed by atoms with Crippen molar-refractivity contribution in [2.45, 2.75) is 19.8 Å². The zero-order valence-electron chi connectivity index (χ0n) is 9.88. The lowest BCUT2D eigenvalue weighted by molar-refractivity contribution is 0.489. The van der Waals surface area contributed by atoms with Crippen LogP contribution in [0.4, 0.5) is 0 Å². The minimum Gasteiger partial charge on any atom is -0.330 e. The topological polar surface area (TPSA) is 38.0 Å². The number of hydrogen-bond donors (Lipinski definition) is 2. The summed E-state index contributed by atoms with van der Waals surface area (Å²) >= 11 is 3.44. The van der Waals surface area contributed by atoms with Crippen LogP contribution in [0.2, 0.25) is 0 Å². The van der Waals surface area contributed by atoms with E-state index in [0.717, 1.165) is 36.9 Å². The maximum absolute atomic E-state index is 5.51. The van der Waals surface area contributed by atoms with Crippen LogP contribution in [0.15, 0.2) is 28.7 Å². The summed E-state index contributed by atoms with van der Waals surface area (Å²) in [5.74, 6) is 0.676. The van der Waals surface area contributed by atoms with Crippen molar-refractivity contribution in [2.75, 3.05) is 19.6 Å². The van der Waals surface area contributed by atoms with Crippen LogP contribution in [0.5, 0.6) is 0 Å². The number of rotatable bonds is 7. The Balaban J connectivity index is 2.13. The van der Waals surface area contributed by atoms with Gasteiger partial charge in [-0.2, -0.15) is 0 Å². The van der Waals surface area contributed by atoms with Crippen molar-refractivity contribution in [1.29, 1.82) is 0 Å². The molecule has 0 fully saturated rings. The molecule has 16 heavy (non-hydrogen) atoms. The molecule has 3 N–H and O–H groups in total. The third-order valence-electron chi connectivity index (χ3n) is 2.66. The Morgan fingerprint density at radius 3 is 2.62 bits per heavy atom. The zero-order valence-corrected chi connectivity index (χ0v) is 11.5. The molecule has 90 valence electrons. The molecular formula is C13H21BrN2. The molecule has 0 bridgehead atoms. The van der Waals surface area contributed by atoms with Crippen LogP contribution in [-0.2, 0) is 6.42 Å². The number of benzene rings is 1. The SMILES string of the molecule is CC(CCN)CNCCc1ccc(Br)cc1. The van der Waals surface area contributed by atoms with E-state index in [1.807, 2.05) is 0 Å². The van der Waals surface area contributed by atoms with E-state index in [2.05, 4.69) is 52.4 Å². The molecule has 0 radical (unpaired) electrons. The van der Waals surface area contributed by atoms with Gasteiger partial charge in [0, 0.05) is 4.47 Å². The van der Waals surface area contributed by atoms with E-state index in [1.54, 1.807) is 0 Å². The second-order valence-electron chi connectivity index (χ2n) is 4.26. The molecule has 0 saturated heterocycles. The Morgan fingerprint density at radius 2 is 2.00 bits per heavy atom. The number of nitrogens with two attached hydrogens (primary N) is 1. The molecule has 1 atom stereocenters. The molecule has 0 aromatic heterocycles. The molecule has 0 aliphatic heterocycles. The summed E-state index contributed by atoms with van der Waals surface area (Å²) in [5, 5.41) is 3.47. The summed E-state index contributed by atoms with van der Waals surface area (Å²) in [6.07, 6.45) is 2.19. The summed E-state index contributed by atoms with van der Waals surface area (Å²) in [7, 11) is 0. The number of nitrogens with one attached hydrogen (secondary N) is 1. The van der Waals surface area contributed by atoms with Crippen molar-refractivity contribution in [3.63, 3.8) is 0 Å². The van der Waals surface area contributed by atoms with Crippen molar-refractivity contribution >= 4 is 15.9 Å². The van der Waals surface area contributed by atoms with Crippen LogP contribution in [0, 0.1) is 5.92 Å². The monoisotopic (exact) mass is 284 g/mol. The minimum absolute atomic E-state index is 0.676. The minimum atomic E-state index is 0.676. The first kappa shape index (κ1) is 13.7. The Hall–Kier alpha value is -0.380. The van der Waals surface area contributed by atoms with Gasteiger partial charge in [0.2, 0.25) is 0 Å². The van der Waals surface area contributed by atoms with Gasteiger partial charge in [-0.25, -0.2) is 0 Å². The maximum atomic E-state index is 5.51. The van der Waals surface area contributed by atoms with E-state index in [4.69, 9.17) is 5.73 Å². The van der Waals surface area contributed by atoms with Crippen molar-refractivity contribution in [2.24, 2.45) is 11.7 Å². The van der Waals surface area contributed by atoms with Crippen LogP contribution < -0.4 is 11.1 Å². The Bertz CT molecular complexity index is 284. The van der Waals surface area contributed by atoms with Gasteiger partial charge in [0.1, 0.15) is 0 Å². The molecule has 0 aliphatic rings. The van der Waals surface area contributed by atoms with Crippen LogP contribution in [0.25, 0.3) is 0 Å². The molecule has 0 heterocycles. The van der Waals surface area contributed by atoms with Crippen LogP contribution in [-0.4, -0.2) is 19.6 Å². The molecule has 0 saturated carbocycles. The van der Waals surface area contributed by atoms with E-state index in [-0.39, 0.29) is 0 Å². The van der Waals surface area contributed by atoms with Gasteiger partial charge < -0.3 is 11.1 Å². The van der Waals surface area contributed by atoms with Gasteiger partial charge in [-0.3, -0.25) is 0 Å². The van der Waals surface area contributed by atoms with Crippen LogP contribution >= 0.6 is 15.9 Å².